The number of hydrogen-bond donors (Lipinski definition) is 0. The molecular weight excluding hydrogens is 245 g/mol. The fourth-order valence-corrected chi connectivity index (χ4v) is 1.94. The summed E-state index contributed by atoms with van der Waals surface area (Å²) in [5.41, 5.74) is 0.662. The van der Waals surface area contributed by atoms with Gasteiger partial charge in [-0.3, -0.25) is 10.1 Å². The van der Waals surface area contributed by atoms with E-state index in [0.29, 0.717) is 0 Å². The molecule has 0 unspecified atom stereocenters. The van der Waals surface area contributed by atoms with Crippen molar-refractivity contribution in [3.63, 3.8) is 0 Å². The number of rotatable bonds is 4. The number of benzene rings is 1. The number of hydrogen-bond acceptors (Lipinski definition) is 4. The highest BCUT2D eigenvalue weighted by atomic mass is 32.1. The van der Waals surface area contributed by atoms with Crippen LogP contribution in [0.2, 0.25) is 0 Å². The van der Waals surface area contributed by atoms with Crippen LogP contribution in [0.15, 0.2) is 35.0 Å². The lowest BCUT2D eigenvalue weighted by Gasteiger charge is -2.05. The normalized spacial score (nSPS) is 10.2. The molecule has 4 nitrogen and oxygen atoms in total. The minimum absolute atomic E-state index is 0.0544. The van der Waals surface area contributed by atoms with E-state index >= 15 is 0 Å². The summed E-state index contributed by atoms with van der Waals surface area (Å²) in [4.78, 5) is 10.1. The second kappa shape index (κ2) is 4.92. The van der Waals surface area contributed by atoms with Crippen LogP contribution < -0.4 is 4.74 Å². The predicted molar refractivity (Wildman–Crippen MR) is 61.7 cm³/mol. The lowest BCUT2D eigenvalue weighted by Crippen LogP contribution is -1.98. The summed E-state index contributed by atoms with van der Waals surface area (Å²) in [6.45, 7) is 0.188. The van der Waals surface area contributed by atoms with Crippen LogP contribution in [0.3, 0.4) is 0 Å². The summed E-state index contributed by atoms with van der Waals surface area (Å²) in [5.74, 6) is -0.614. The van der Waals surface area contributed by atoms with Gasteiger partial charge >= 0.3 is 5.69 Å². The van der Waals surface area contributed by atoms with Gasteiger partial charge in [0.1, 0.15) is 12.4 Å². The summed E-state index contributed by atoms with van der Waals surface area (Å²) < 4.78 is 18.2. The third-order valence-corrected chi connectivity index (χ3v) is 2.83. The SMILES string of the molecule is O=[N+]([O-])c1ccc(F)cc1OCc1ccsc1. The Morgan fingerprint density at radius 1 is 1.41 bits per heavy atom. The quantitative estimate of drug-likeness (QED) is 0.620. The van der Waals surface area contributed by atoms with Gasteiger partial charge in [-0.2, -0.15) is 11.3 Å². The summed E-state index contributed by atoms with van der Waals surface area (Å²) in [6.07, 6.45) is 0. The molecule has 2 rings (SSSR count). The van der Waals surface area contributed by atoms with E-state index in [1.807, 2.05) is 16.8 Å². The molecule has 0 atom stereocenters. The van der Waals surface area contributed by atoms with Crippen LogP contribution in [0.5, 0.6) is 5.75 Å². The molecule has 0 N–H and O–H groups in total. The zero-order chi connectivity index (χ0) is 12.3. The van der Waals surface area contributed by atoms with Gasteiger partial charge in [-0.15, -0.1) is 0 Å². The molecule has 0 spiro atoms. The number of ether oxygens (including phenoxy) is 1. The molecular formula is C11H8FNO3S. The third-order valence-electron chi connectivity index (χ3n) is 2.09. The molecule has 1 aromatic heterocycles. The summed E-state index contributed by atoms with van der Waals surface area (Å²) in [6, 6.07) is 4.99. The number of thiophene rings is 1. The van der Waals surface area contributed by atoms with Crippen molar-refractivity contribution in [2.24, 2.45) is 0 Å². The summed E-state index contributed by atoms with van der Waals surface area (Å²) >= 11 is 1.50. The van der Waals surface area contributed by atoms with E-state index in [1.165, 1.54) is 11.3 Å². The molecule has 0 aliphatic rings. The van der Waals surface area contributed by atoms with Crippen molar-refractivity contribution in [1.29, 1.82) is 0 Å². The van der Waals surface area contributed by atoms with Crippen LogP contribution in [0, 0.1) is 15.9 Å². The number of nitro groups is 1. The average Bonchev–Trinajstić information content (AvgIpc) is 2.78. The van der Waals surface area contributed by atoms with Crippen molar-refractivity contribution < 1.29 is 14.1 Å². The van der Waals surface area contributed by atoms with E-state index in [1.54, 1.807) is 0 Å². The third kappa shape index (κ3) is 2.79. The van der Waals surface area contributed by atoms with Gasteiger partial charge in [-0.25, -0.2) is 4.39 Å². The molecule has 0 fully saturated rings. The van der Waals surface area contributed by atoms with Crippen LogP contribution in [0.25, 0.3) is 0 Å². The Hall–Kier alpha value is -1.95. The van der Waals surface area contributed by atoms with Gasteiger partial charge in [0.15, 0.2) is 5.75 Å². The second-order valence-corrected chi connectivity index (χ2v) is 4.07. The minimum Gasteiger partial charge on any atom is -0.482 e. The summed E-state index contributed by atoms with van der Waals surface area (Å²) in [7, 11) is 0. The van der Waals surface area contributed by atoms with Crippen LogP contribution in [0.1, 0.15) is 5.56 Å². The first-order valence-corrected chi connectivity index (χ1v) is 5.69. The van der Waals surface area contributed by atoms with Crippen molar-refractivity contribution in [2.75, 3.05) is 0 Å². The molecule has 0 saturated carbocycles. The van der Waals surface area contributed by atoms with Crippen LogP contribution >= 0.6 is 11.3 Å². The van der Waals surface area contributed by atoms with Gasteiger partial charge in [-0.1, -0.05) is 0 Å². The van der Waals surface area contributed by atoms with E-state index < -0.39 is 10.7 Å². The molecule has 88 valence electrons. The highest BCUT2D eigenvalue weighted by Gasteiger charge is 2.15. The zero-order valence-electron chi connectivity index (χ0n) is 8.63. The van der Waals surface area contributed by atoms with Crippen LogP contribution in [0.4, 0.5) is 10.1 Å². The van der Waals surface area contributed by atoms with Crippen molar-refractivity contribution in [3.05, 3.63) is 56.5 Å². The smallest absolute Gasteiger partial charge is 0.311 e. The molecule has 0 radical (unpaired) electrons. The fraction of sp³-hybridized carbons (Fsp3) is 0.0909. The lowest BCUT2D eigenvalue weighted by molar-refractivity contribution is -0.386. The molecule has 1 aromatic carbocycles. The number of nitro benzene ring substituents is 1. The monoisotopic (exact) mass is 253 g/mol. The van der Waals surface area contributed by atoms with Crippen molar-refractivity contribution in [2.45, 2.75) is 6.61 Å². The molecule has 6 heteroatoms. The largest absolute Gasteiger partial charge is 0.482 e. The Bertz CT molecular complexity index is 528. The molecule has 0 saturated heterocycles. The van der Waals surface area contributed by atoms with Crippen LogP contribution in [-0.4, -0.2) is 4.92 Å². The standard InChI is InChI=1S/C11H8FNO3S/c12-9-1-2-10(13(14)15)11(5-9)16-6-8-3-4-17-7-8/h1-5,7H,6H2. The molecule has 17 heavy (non-hydrogen) atoms. The number of nitrogens with zero attached hydrogens (tertiary/aromatic N) is 1. The van der Waals surface area contributed by atoms with E-state index in [-0.39, 0.29) is 18.0 Å². The molecule has 1 heterocycles. The first-order chi connectivity index (χ1) is 8.16. The van der Waals surface area contributed by atoms with E-state index in [9.17, 15) is 14.5 Å². The highest BCUT2D eigenvalue weighted by molar-refractivity contribution is 7.07. The van der Waals surface area contributed by atoms with Crippen molar-refractivity contribution in [1.82, 2.24) is 0 Å². The van der Waals surface area contributed by atoms with Gasteiger partial charge < -0.3 is 4.74 Å². The average molecular weight is 253 g/mol. The Morgan fingerprint density at radius 3 is 2.88 bits per heavy atom. The van der Waals surface area contributed by atoms with Gasteiger partial charge in [0, 0.05) is 12.1 Å². The maximum Gasteiger partial charge on any atom is 0.311 e. The minimum atomic E-state index is -0.595. The maximum atomic E-state index is 13.0. The predicted octanol–water partition coefficient (Wildman–Crippen LogP) is 3.37. The molecule has 0 bridgehead atoms. The van der Waals surface area contributed by atoms with E-state index in [4.69, 9.17) is 4.74 Å². The van der Waals surface area contributed by atoms with Crippen molar-refractivity contribution >= 4 is 17.0 Å². The summed E-state index contributed by atoms with van der Waals surface area (Å²) in [5, 5.41) is 14.4. The first-order valence-electron chi connectivity index (χ1n) is 4.74. The Kier molecular flexibility index (Phi) is 3.34. The Balaban J connectivity index is 2.19. The molecule has 0 aliphatic heterocycles. The molecule has 0 amide bonds. The zero-order valence-corrected chi connectivity index (χ0v) is 9.45. The van der Waals surface area contributed by atoms with Crippen LogP contribution in [-0.2, 0) is 6.61 Å². The van der Waals surface area contributed by atoms with E-state index in [0.717, 1.165) is 23.8 Å². The van der Waals surface area contributed by atoms with Gasteiger partial charge in [0.2, 0.25) is 0 Å². The molecule has 2 aromatic rings. The topological polar surface area (TPSA) is 52.4 Å². The number of halogens is 1. The first kappa shape index (κ1) is 11.5. The fourth-order valence-electron chi connectivity index (χ4n) is 1.29. The molecule has 0 aliphatic carbocycles. The maximum absolute atomic E-state index is 13.0. The van der Waals surface area contributed by atoms with Gasteiger partial charge in [0.05, 0.1) is 4.92 Å². The Morgan fingerprint density at radius 2 is 2.24 bits per heavy atom. The highest BCUT2D eigenvalue weighted by Crippen LogP contribution is 2.28. The van der Waals surface area contributed by atoms with Gasteiger partial charge in [-0.05, 0) is 28.5 Å². The lowest BCUT2D eigenvalue weighted by atomic mass is 10.3. The second-order valence-electron chi connectivity index (χ2n) is 3.29. The Labute approximate surface area is 100 Å². The van der Waals surface area contributed by atoms with Crippen molar-refractivity contribution in [3.8, 4) is 5.75 Å². The van der Waals surface area contributed by atoms with E-state index in [2.05, 4.69) is 0 Å². The van der Waals surface area contributed by atoms with Gasteiger partial charge in [0.25, 0.3) is 0 Å².